The van der Waals surface area contributed by atoms with Gasteiger partial charge in [0.05, 0.1) is 38.9 Å². The lowest BCUT2D eigenvalue weighted by Gasteiger charge is -2.43. The molecule has 1 aliphatic heterocycles. The Morgan fingerprint density at radius 1 is 0.281 bits per heavy atom. The van der Waals surface area contributed by atoms with Crippen LogP contribution in [0.4, 0.5) is 0 Å². The standard InChI is InChI=1S/C55H40O34/c56-23-1-16(2-24(57)38(23)68)49(76)83-35-13-21(11-33(66)43(35)73)48(75)82-15-37-45(86-51(78)18-5-27(60)40(70)28(61)6-18)46(87-52(79)19-7-29(62)41(71)30(63)8-19)47(55(85-37)89-54(81)20-9-31(64)42(72)32(65)10-20)88-53(80)22-12-34(67)44(74)36(14-22)84-50(77)17-3-25(58)39(69)26(59)4-17/h1-14,37,45-47,55-74H,15H2/t37-,45-,46+,47-,55-/m0/s1. The maximum Gasteiger partial charge on any atom is 0.343 e. The summed E-state index contributed by atoms with van der Waals surface area (Å²) in [5, 5.41) is 194. The summed E-state index contributed by atoms with van der Waals surface area (Å²) in [6, 6.07) is 7.11. The molecule has 0 radical (unpaired) electrons. The highest BCUT2D eigenvalue weighted by Crippen LogP contribution is 2.44. The summed E-state index contributed by atoms with van der Waals surface area (Å²) in [6.45, 7) is -1.45. The highest BCUT2D eigenvalue weighted by Gasteiger charge is 2.55. The number of esters is 7. The summed E-state index contributed by atoms with van der Waals surface area (Å²) in [5.41, 5.74) is -6.03. The van der Waals surface area contributed by atoms with E-state index in [2.05, 4.69) is 0 Å². The van der Waals surface area contributed by atoms with E-state index in [0.717, 1.165) is 0 Å². The van der Waals surface area contributed by atoms with Gasteiger partial charge in [-0.05, 0) is 84.9 Å². The Hall–Kier alpha value is -13.0. The van der Waals surface area contributed by atoms with Crippen LogP contribution in [-0.2, 0) is 28.4 Å². The van der Waals surface area contributed by atoms with E-state index in [-0.39, 0.29) is 0 Å². The SMILES string of the molecule is O=C(OC[C@@H]1O[C@@H](OC(=O)c2cc(O)c(O)c(O)c2)[C@@H](OC(=O)c2cc(O)c(O)c(OC(=O)c3cc(O)c(O)c(O)c3)c2)[C@H](OC(=O)c2cc(O)c(O)c(O)c2)[C@H]1OC(=O)c1cc(O)c(O)c(O)c1)c1cc(O)c(O)c(OC(=O)c2cc(O)c(O)c(O)c2)c1. The molecule has 1 saturated heterocycles. The van der Waals surface area contributed by atoms with Crippen molar-refractivity contribution in [2.45, 2.75) is 30.7 Å². The van der Waals surface area contributed by atoms with Crippen LogP contribution < -0.4 is 9.47 Å². The fourth-order valence-corrected chi connectivity index (χ4v) is 8.00. The van der Waals surface area contributed by atoms with Crippen LogP contribution in [0.15, 0.2) is 84.9 Å². The average molecular weight is 1240 g/mol. The lowest BCUT2D eigenvalue weighted by Crippen LogP contribution is -2.63. The molecule has 0 saturated carbocycles. The Bertz CT molecular complexity index is 3980. The molecule has 8 rings (SSSR count). The van der Waals surface area contributed by atoms with E-state index in [9.17, 15) is 131 Å². The van der Waals surface area contributed by atoms with Crippen LogP contribution in [0.1, 0.15) is 72.5 Å². The molecule has 1 fully saturated rings. The summed E-state index contributed by atoms with van der Waals surface area (Å²) in [4.78, 5) is 97.3. The van der Waals surface area contributed by atoms with E-state index in [1.165, 1.54) is 0 Å². The van der Waals surface area contributed by atoms with Gasteiger partial charge in [-0.1, -0.05) is 0 Å². The third-order valence-corrected chi connectivity index (χ3v) is 12.4. The Morgan fingerprint density at radius 2 is 0.517 bits per heavy atom. The Balaban J connectivity index is 1.25. The van der Waals surface area contributed by atoms with Gasteiger partial charge in [-0.15, -0.1) is 0 Å². The molecule has 7 aromatic rings. The van der Waals surface area contributed by atoms with Crippen LogP contribution in [0.2, 0.25) is 0 Å². The minimum atomic E-state index is -2.77. The highest BCUT2D eigenvalue weighted by molar-refractivity contribution is 5.97. The first-order valence-corrected chi connectivity index (χ1v) is 24.3. The van der Waals surface area contributed by atoms with Gasteiger partial charge in [0.25, 0.3) is 0 Å². The quantitative estimate of drug-likeness (QED) is 0.0304. The summed E-state index contributed by atoms with van der Waals surface area (Å²) in [6.07, 6.45) is -13.3. The molecule has 7 aromatic carbocycles. The minimum Gasteiger partial charge on any atom is -0.504 e. The monoisotopic (exact) mass is 1240 g/mol. The molecule has 0 aliphatic carbocycles. The molecule has 1 aliphatic rings. The highest BCUT2D eigenvalue weighted by atomic mass is 16.7. The number of phenolic OH excluding ortho intramolecular Hbond substituents is 19. The molecule has 0 unspecified atom stereocenters. The third kappa shape index (κ3) is 12.9. The summed E-state index contributed by atoms with van der Waals surface area (Å²) in [5.74, 6) is -36.2. The van der Waals surface area contributed by atoms with Crippen LogP contribution in [0.3, 0.4) is 0 Å². The number of ether oxygens (including phenoxy) is 8. The van der Waals surface area contributed by atoms with E-state index >= 15 is 0 Å². The van der Waals surface area contributed by atoms with E-state index in [4.69, 9.17) is 37.9 Å². The molecule has 0 aromatic heterocycles. The normalized spacial score (nSPS) is 16.0. The van der Waals surface area contributed by atoms with Gasteiger partial charge in [0.15, 0.2) is 121 Å². The van der Waals surface area contributed by atoms with Crippen LogP contribution in [0, 0.1) is 0 Å². The Labute approximate surface area is 491 Å². The number of rotatable bonds is 15. The Kier molecular flexibility index (Phi) is 16.9. The van der Waals surface area contributed by atoms with Gasteiger partial charge in [-0.25, -0.2) is 33.6 Å². The number of benzene rings is 7. The average Bonchev–Trinajstić information content (AvgIpc) is 2.14. The summed E-state index contributed by atoms with van der Waals surface area (Å²) < 4.78 is 43.9. The molecule has 89 heavy (non-hydrogen) atoms. The van der Waals surface area contributed by atoms with Gasteiger partial charge in [0, 0.05) is 0 Å². The van der Waals surface area contributed by atoms with E-state index in [1.807, 2.05) is 0 Å². The lowest BCUT2D eigenvalue weighted by atomic mass is 9.97. The van der Waals surface area contributed by atoms with Crippen molar-refractivity contribution in [3.05, 3.63) is 124 Å². The summed E-state index contributed by atoms with van der Waals surface area (Å²) >= 11 is 0. The van der Waals surface area contributed by atoms with Crippen molar-refractivity contribution in [3.63, 3.8) is 0 Å². The van der Waals surface area contributed by atoms with E-state index in [1.54, 1.807) is 0 Å². The molecular formula is C55H40O34. The molecule has 0 bridgehead atoms. The van der Waals surface area contributed by atoms with Gasteiger partial charge in [0.1, 0.15) is 12.7 Å². The van der Waals surface area contributed by atoms with Crippen LogP contribution in [0.25, 0.3) is 0 Å². The fraction of sp³-hybridized carbons (Fsp3) is 0.109. The molecule has 19 N–H and O–H groups in total. The maximum absolute atomic E-state index is 14.5. The third-order valence-electron chi connectivity index (χ3n) is 12.4. The molecule has 1 heterocycles. The second-order valence-electron chi connectivity index (χ2n) is 18.4. The van der Waals surface area contributed by atoms with Crippen LogP contribution in [-0.4, -0.2) is 176 Å². The van der Waals surface area contributed by atoms with Crippen molar-refractivity contribution in [1.29, 1.82) is 0 Å². The van der Waals surface area contributed by atoms with Crippen molar-refractivity contribution < 1.29 is 168 Å². The molecule has 34 nitrogen and oxygen atoms in total. The number of carbonyl (C=O) groups excluding carboxylic acids is 7. The van der Waals surface area contributed by atoms with E-state index in [0.29, 0.717) is 84.9 Å². The second-order valence-corrected chi connectivity index (χ2v) is 18.4. The lowest BCUT2D eigenvalue weighted by molar-refractivity contribution is -0.282. The topological polar surface area (TPSA) is 578 Å². The molecule has 0 amide bonds. The number of phenols is 19. The van der Waals surface area contributed by atoms with Crippen LogP contribution in [0.5, 0.6) is 121 Å². The zero-order valence-electron chi connectivity index (χ0n) is 43.8. The van der Waals surface area contributed by atoms with Crippen molar-refractivity contribution in [2.75, 3.05) is 6.61 Å². The molecular weight excluding hydrogens is 1200 g/mol. The van der Waals surface area contributed by atoms with Gasteiger partial charge in [-0.3, -0.25) is 0 Å². The first-order valence-electron chi connectivity index (χ1n) is 24.3. The number of carbonyl (C=O) groups is 7. The number of aromatic hydroxyl groups is 19. The fourth-order valence-electron chi connectivity index (χ4n) is 8.00. The van der Waals surface area contributed by atoms with E-state index < -0.39 is 239 Å². The van der Waals surface area contributed by atoms with Crippen molar-refractivity contribution in [1.82, 2.24) is 0 Å². The second kappa shape index (κ2) is 24.3. The van der Waals surface area contributed by atoms with Crippen LogP contribution >= 0.6 is 0 Å². The predicted molar refractivity (Wildman–Crippen MR) is 279 cm³/mol. The van der Waals surface area contributed by atoms with Gasteiger partial charge in [0.2, 0.25) is 23.9 Å². The molecule has 5 atom stereocenters. The van der Waals surface area contributed by atoms with Crippen molar-refractivity contribution in [2.24, 2.45) is 0 Å². The van der Waals surface area contributed by atoms with Gasteiger partial charge < -0.3 is 135 Å². The zero-order chi connectivity index (χ0) is 65.4. The summed E-state index contributed by atoms with van der Waals surface area (Å²) in [7, 11) is 0. The molecule has 34 heteroatoms. The minimum absolute atomic E-state index is 0.420. The maximum atomic E-state index is 14.5. The first-order chi connectivity index (χ1) is 41.8. The zero-order valence-corrected chi connectivity index (χ0v) is 43.8. The predicted octanol–water partition coefficient (Wildman–Crippen LogP) is 2.95. The Morgan fingerprint density at radius 3 is 0.831 bits per heavy atom. The molecule has 464 valence electrons. The molecule has 0 spiro atoms. The number of hydrogen-bond acceptors (Lipinski definition) is 34. The van der Waals surface area contributed by atoms with Gasteiger partial charge >= 0.3 is 41.8 Å². The van der Waals surface area contributed by atoms with Crippen molar-refractivity contribution in [3.8, 4) is 121 Å². The largest absolute Gasteiger partial charge is 0.504 e. The van der Waals surface area contributed by atoms with Crippen molar-refractivity contribution >= 4 is 41.8 Å². The first kappa shape index (κ1) is 62.0. The number of hydrogen-bond donors (Lipinski definition) is 19. The smallest absolute Gasteiger partial charge is 0.343 e. The van der Waals surface area contributed by atoms with Gasteiger partial charge in [-0.2, -0.15) is 0 Å².